The molecule has 0 aliphatic carbocycles. The highest BCUT2D eigenvalue weighted by Gasteiger charge is 2.32. The third-order valence-corrected chi connectivity index (χ3v) is 5.00. The summed E-state index contributed by atoms with van der Waals surface area (Å²) in [6.45, 7) is 0.469. The van der Waals surface area contributed by atoms with Crippen molar-refractivity contribution in [3.63, 3.8) is 0 Å². The molecule has 0 radical (unpaired) electrons. The van der Waals surface area contributed by atoms with Crippen LogP contribution in [-0.2, 0) is 14.4 Å². The maximum Gasteiger partial charge on any atom is 0.303 e. The maximum atomic E-state index is 12.0. The van der Waals surface area contributed by atoms with E-state index in [-0.39, 0.29) is 24.7 Å². The Balaban J connectivity index is 1.67. The Morgan fingerprint density at radius 2 is 2.00 bits per heavy atom. The van der Waals surface area contributed by atoms with E-state index in [2.05, 4.69) is 20.8 Å². The first-order valence-electron chi connectivity index (χ1n) is 9.33. The van der Waals surface area contributed by atoms with Gasteiger partial charge in [-0.2, -0.15) is 5.10 Å². The van der Waals surface area contributed by atoms with Crippen LogP contribution in [0, 0.1) is 0 Å². The molecule has 1 unspecified atom stereocenters. The highest BCUT2D eigenvalue weighted by Crippen LogP contribution is 2.22. The number of thioether (sulfide) groups is 1. The summed E-state index contributed by atoms with van der Waals surface area (Å²) in [4.78, 5) is 34.3. The SMILES string of the molecule is O=C(O)CCCCCNC(=O)CC1S/C(=N/N=C/C=C/c2ccccc2)NC1=O. The lowest BCUT2D eigenvalue weighted by Crippen LogP contribution is -2.31. The quantitative estimate of drug-likeness (QED) is 0.291. The van der Waals surface area contributed by atoms with Crippen molar-refractivity contribution in [1.82, 2.24) is 10.6 Å². The van der Waals surface area contributed by atoms with E-state index in [0.29, 0.717) is 24.6 Å². The molecule has 154 valence electrons. The summed E-state index contributed by atoms with van der Waals surface area (Å²) < 4.78 is 0. The number of carboxylic acid groups (broad SMARTS) is 1. The molecule has 29 heavy (non-hydrogen) atoms. The van der Waals surface area contributed by atoms with Gasteiger partial charge in [0.15, 0.2) is 5.17 Å². The second-order valence-electron chi connectivity index (χ2n) is 6.29. The Bertz CT molecular complexity index is 793. The standard InChI is InChI=1S/C20H24N4O4S/c25-17(21-12-6-2-5-11-18(26)27)14-16-19(28)23-20(29-16)24-22-13-7-10-15-8-3-1-4-9-15/h1,3-4,7-10,13,16H,2,5-6,11-12,14H2,(H,21,25)(H,26,27)(H,23,24,28)/b10-7+,22-13+. The van der Waals surface area contributed by atoms with Crippen LogP contribution < -0.4 is 10.6 Å². The fourth-order valence-electron chi connectivity index (χ4n) is 2.48. The molecular formula is C20H24N4O4S. The van der Waals surface area contributed by atoms with Crippen LogP contribution in [0.4, 0.5) is 0 Å². The number of nitrogens with one attached hydrogen (secondary N) is 2. The van der Waals surface area contributed by atoms with Crippen molar-refractivity contribution >= 4 is 47.0 Å². The van der Waals surface area contributed by atoms with Gasteiger partial charge in [-0.25, -0.2) is 0 Å². The number of carbonyl (C=O) groups excluding carboxylic acids is 2. The van der Waals surface area contributed by atoms with E-state index >= 15 is 0 Å². The molecule has 0 saturated carbocycles. The van der Waals surface area contributed by atoms with Gasteiger partial charge in [0.1, 0.15) is 5.25 Å². The van der Waals surface area contributed by atoms with E-state index < -0.39 is 11.2 Å². The summed E-state index contributed by atoms with van der Waals surface area (Å²) in [5.41, 5.74) is 1.04. The van der Waals surface area contributed by atoms with Gasteiger partial charge in [-0.3, -0.25) is 14.4 Å². The zero-order chi connectivity index (χ0) is 20.9. The van der Waals surface area contributed by atoms with Crippen molar-refractivity contribution in [2.75, 3.05) is 6.54 Å². The van der Waals surface area contributed by atoms with Gasteiger partial charge in [-0.1, -0.05) is 54.6 Å². The first kappa shape index (κ1) is 22.4. The van der Waals surface area contributed by atoms with Gasteiger partial charge in [0, 0.05) is 25.6 Å². The Kier molecular flexibility index (Phi) is 9.64. The molecule has 0 bridgehead atoms. The zero-order valence-electron chi connectivity index (χ0n) is 15.9. The number of allylic oxidation sites excluding steroid dienone is 1. The summed E-state index contributed by atoms with van der Waals surface area (Å²) in [6.07, 6.45) is 7.40. The van der Waals surface area contributed by atoms with Gasteiger partial charge in [-0.15, -0.1) is 5.10 Å². The van der Waals surface area contributed by atoms with E-state index in [1.807, 2.05) is 36.4 Å². The van der Waals surface area contributed by atoms with Crippen molar-refractivity contribution < 1.29 is 19.5 Å². The largest absolute Gasteiger partial charge is 0.481 e. The Labute approximate surface area is 173 Å². The second kappa shape index (κ2) is 12.5. The van der Waals surface area contributed by atoms with E-state index in [4.69, 9.17) is 5.11 Å². The Hall–Kier alpha value is -2.94. The fraction of sp³-hybridized carbons (Fsp3) is 0.350. The Morgan fingerprint density at radius 1 is 1.21 bits per heavy atom. The molecule has 1 heterocycles. The summed E-state index contributed by atoms with van der Waals surface area (Å²) in [7, 11) is 0. The van der Waals surface area contributed by atoms with Crippen LogP contribution in [0.15, 0.2) is 46.6 Å². The van der Waals surface area contributed by atoms with Crippen LogP contribution in [0.3, 0.4) is 0 Å². The van der Waals surface area contributed by atoms with Gasteiger partial charge in [0.25, 0.3) is 0 Å². The maximum absolute atomic E-state index is 12.0. The monoisotopic (exact) mass is 416 g/mol. The van der Waals surface area contributed by atoms with Gasteiger partial charge in [0.05, 0.1) is 0 Å². The first-order valence-corrected chi connectivity index (χ1v) is 10.2. The van der Waals surface area contributed by atoms with E-state index in [0.717, 1.165) is 12.0 Å². The molecule has 9 heteroatoms. The summed E-state index contributed by atoms with van der Waals surface area (Å²) in [6, 6.07) is 9.76. The van der Waals surface area contributed by atoms with Gasteiger partial charge in [-0.05, 0) is 24.5 Å². The lowest BCUT2D eigenvalue weighted by Gasteiger charge is -2.07. The van der Waals surface area contributed by atoms with E-state index in [9.17, 15) is 14.4 Å². The number of amidine groups is 1. The number of hydrogen-bond acceptors (Lipinski definition) is 6. The predicted molar refractivity (Wildman–Crippen MR) is 115 cm³/mol. The topological polar surface area (TPSA) is 120 Å². The minimum atomic E-state index is -0.813. The molecule has 1 aliphatic rings. The molecule has 2 amide bonds. The number of rotatable bonds is 11. The molecule has 1 aromatic rings. The lowest BCUT2D eigenvalue weighted by atomic mass is 10.2. The number of nitrogens with zero attached hydrogens (tertiary/aromatic N) is 2. The first-order chi connectivity index (χ1) is 14.0. The molecule has 8 nitrogen and oxygen atoms in total. The highest BCUT2D eigenvalue weighted by molar-refractivity contribution is 8.15. The van der Waals surface area contributed by atoms with Crippen LogP contribution >= 0.6 is 11.8 Å². The molecule has 1 saturated heterocycles. The van der Waals surface area contributed by atoms with Crippen molar-refractivity contribution in [1.29, 1.82) is 0 Å². The summed E-state index contributed by atoms with van der Waals surface area (Å²) in [5, 5.41) is 21.6. The average molecular weight is 417 g/mol. The third-order valence-electron chi connectivity index (χ3n) is 3.93. The highest BCUT2D eigenvalue weighted by atomic mass is 32.2. The number of benzene rings is 1. The molecule has 0 aromatic heterocycles. The zero-order valence-corrected chi connectivity index (χ0v) is 16.7. The average Bonchev–Trinajstić information content (AvgIpc) is 3.04. The smallest absolute Gasteiger partial charge is 0.303 e. The second-order valence-corrected chi connectivity index (χ2v) is 7.49. The van der Waals surface area contributed by atoms with Crippen molar-refractivity contribution in [3.8, 4) is 0 Å². The lowest BCUT2D eigenvalue weighted by molar-refractivity contribution is -0.137. The third kappa shape index (κ3) is 9.20. The fourth-order valence-corrected chi connectivity index (χ4v) is 3.40. The molecule has 1 aliphatic heterocycles. The van der Waals surface area contributed by atoms with Crippen molar-refractivity contribution in [2.24, 2.45) is 10.2 Å². The van der Waals surface area contributed by atoms with Crippen molar-refractivity contribution in [2.45, 2.75) is 37.4 Å². The number of unbranched alkanes of at least 4 members (excludes halogenated alkanes) is 2. The molecule has 2 rings (SSSR count). The Morgan fingerprint density at radius 3 is 2.76 bits per heavy atom. The number of amides is 2. The number of hydrogen-bond donors (Lipinski definition) is 3. The van der Waals surface area contributed by atoms with E-state index in [1.165, 1.54) is 18.0 Å². The van der Waals surface area contributed by atoms with Gasteiger partial charge >= 0.3 is 5.97 Å². The van der Waals surface area contributed by atoms with Gasteiger partial charge < -0.3 is 15.7 Å². The minimum Gasteiger partial charge on any atom is -0.481 e. The van der Waals surface area contributed by atoms with Crippen LogP contribution in [0.25, 0.3) is 6.08 Å². The van der Waals surface area contributed by atoms with Gasteiger partial charge in [0.2, 0.25) is 11.8 Å². The molecule has 1 fully saturated rings. The number of carbonyl (C=O) groups is 3. The molecule has 1 aromatic carbocycles. The normalized spacial score (nSPS) is 17.9. The van der Waals surface area contributed by atoms with Crippen LogP contribution in [-0.4, -0.2) is 46.1 Å². The molecule has 0 spiro atoms. The molecule has 1 atom stereocenters. The molecular weight excluding hydrogens is 392 g/mol. The van der Waals surface area contributed by atoms with Crippen LogP contribution in [0.1, 0.15) is 37.7 Å². The minimum absolute atomic E-state index is 0.0578. The number of aliphatic carboxylic acids is 1. The summed E-state index contributed by atoms with van der Waals surface area (Å²) in [5.74, 6) is -1.29. The van der Waals surface area contributed by atoms with Crippen molar-refractivity contribution in [3.05, 3.63) is 42.0 Å². The number of carboxylic acids is 1. The summed E-state index contributed by atoms with van der Waals surface area (Å²) >= 11 is 1.18. The molecule has 3 N–H and O–H groups in total. The van der Waals surface area contributed by atoms with Crippen LogP contribution in [0.5, 0.6) is 0 Å². The van der Waals surface area contributed by atoms with Crippen LogP contribution in [0.2, 0.25) is 0 Å². The predicted octanol–water partition coefficient (Wildman–Crippen LogP) is 2.42. The van der Waals surface area contributed by atoms with E-state index in [1.54, 1.807) is 6.08 Å².